The number of furan rings is 1. The number of hydrogen-bond donors (Lipinski definition) is 0. The molecule has 0 bridgehead atoms. The van der Waals surface area contributed by atoms with Crippen LogP contribution in [0.15, 0.2) is 331 Å². The normalized spacial score (nSPS) is 16.6. The highest BCUT2D eigenvalue weighted by Crippen LogP contribution is 2.57. The van der Waals surface area contributed by atoms with Crippen molar-refractivity contribution in [1.29, 1.82) is 0 Å². The minimum absolute atomic E-state index is 0.0932. The number of para-hydroxylation sites is 1. The Bertz CT molecular complexity index is 7800. The van der Waals surface area contributed by atoms with Gasteiger partial charge >= 0.3 is 0 Å². The molecule has 15 aromatic carbocycles. The molecule has 7 heteroatoms. The van der Waals surface area contributed by atoms with Crippen LogP contribution in [0.3, 0.4) is 0 Å². The summed E-state index contributed by atoms with van der Waals surface area (Å²) in [5, 5.41) is 1.06. The SMILES string of the molecule is [2H]c1c([2H])c([2H])c(-c2c([2H])c([2H])c3c(c2[2H])Oc2c4c(c([2H])c5c2B2c6c(cc(C(C)(C)C)cc6N5c5cccc6oc7ccccc7c56)N(c5c(-c6ccccc6)cc(C(C)(C)C)cc5-c5ccccc5)c5c([2H])c(-c6c([2H])c([2H])c([2H])c([2H])c6[2H])c([2H])c([2H])c52)N(c2ccc(C(C)(C)C)cc2-c2ccccc2)c2c([2H])c(-c5c([2H])c([2H])c([2H])c([2H])c5[2H])c([2H])c([2H])c2B34)c([2H])c1[2H]. The van der Waals surface area contributed by atoms with Crippen LogP contribution in [0.1, 0.15) is 113 Å². The maximum atomic E-state index is 12.5. The highest BCUT2D eigenvalue weighted by molar-refractivity contribution is 7.03. The molecule has 0 saturated heterocycles. The summed E-state index contributed by atoms with van der Waals surface area (Å²) < 4.78 is 267. The van der Waals surface area contributed by atoms with E-state index in [0.29, 0.717) is 83.4 Å². The fourth-order valence-electron chi connectivity index (χ4n) is 16.1. The summed E-state index contributed by atoms with van der Waals surface area (Å²) in [5.41, 5.74) is 0.352. The highest BCUT2D eigenvalue weighted by atomic mass is 16.5. The Balaban J connectivity index is 1.08. The van der Waals surface area contributed by atoms with E-state index in [1.807, 2.05) is 197 Å². The quantitative estimate of drug-likeness (QED) is 0.135. The van der Waals surface area contributed by atoms with Gasteiger partial charge in [-0.05, 0) is 195 Å². The number of rotatable bonds is 9. The molecule has 16 aromatic rings. The van der Waals surface area contributed by atoms with Crippen molar-refractivity contribution >= 4 is 119 Å². The predicted octanol–water partition coefficient (Wildman–Crippen LogP) is 24.0. The van der Waals surface area contributed by atoms with E-state index in [4.69, 9.17) is 16.0 Å². The first-order valence-electron chi connectivity index (χ1n) is 48.9. The molecule has 1 aromatic heterocycles. The van der Waals surface area contributed by atoms with E-state index in [0.717, 1.165) is 11.1 Å². The summed E-state index contributed by atoms with van der Waals surface area (Å²) in [4.78, 5) is 5.32. The third kappa shape index (κ3) is 10.7. The van der Waals surface area contributed by atoms with Gasteiger partial charge in [-0.2, -0.15) is 0 Å². The van der Waals surface area contributed by atoms with Gasteiger partial charge in [0.05, 0.1) is 56.7 Å². The maximum absolute atomic E-state index is 12.5. The predicted molar refractivity (Wildman–Crippen MR) is 462 cm³/mol. The Morgan fingerprint density at radius 3 is 1.31 bits per heavy atom. The van der Waals surface area contributed by atoms with Crippen LogP contribution in [0.2, 0.25) is 0 Å². The van der Waals surface area contributed by atoms with Crippen molar-refractivity contribution in [3.63, 3.8) is 0 Å². The molecule has 4 aliphatic rings. The first-order chi connectivity index (χ1) is 63.4. The second kappa shape index (κ2) is 25.0. The molecular formula is C102H81B2N3O2. The average Bonchev–Trinajstić information content (AvgIpc) is 0.709. The van der Waals surface area contributed by atoms with Gasteiger partial charge in [0.1, 0.15) is 22.7 Å². The van der Waals surface area contributed by atoms with Crippen LogP contribution >= 0.6 is 0 Å². The topological polar surface area (TPSA) is 32.1 Å². The molecule has 522 valence electrons. The van der Waals surface area contributed by atoms with Crippen LogP contribution in [0, 0.1) is 0 Å². The monoisotopic (exact) mass is 1430 g/mol. The molecule has 109 heavy (non-hydrogen) atoms. The van der Waals surface area contributed by atoms with E-state index in [1.54, 1.807) is 23.1 Å². The van der Waals surface area contributed by atoms with Gasteiger partial charge < -0.3 is 23.9 Å². The van der Waals surface area contributed by atoms with Crippen LogP contribution in [0.25, 0.3) is 88.7 Å². The number of ether oxygens (including phenoxy) is 1. The Morgan fingerprint density at radius 2 is 0.752 bits per heavy atom. The summed E-state index contributed by atoms with van der Waals surface area (Å²) in [6.45, 7) is 14.7. The molecule has 0 aliphatic carbocycles. The molecular weight excluding hydrogens is 1320 g/mol. The first kappa shape index (κ1) is 44.5. The first-order valence-corrected chi connectivity index (χ1v) is 36.4. The van der Waals surface area contributed by atoms with Crippen molar-refractivity contribution in [1.82, 2.24) is 0 Å². The molecule has 5 nitrogen and oxygen atoms in total. The van der Waals surface area contributed by atoms with E-state index in [2.05, 4.69) is 32.9 Å². The Hall–Kier alpha value is -12.6. The van der Waals surface area contributed by atoms with Gasteiger partial charge in [0, 0.05) is 56.2 Å². The highest BCUT2D eigenvalue weighted by Gasteiger charge is 2.52. The van der Waals surface area contributed by atoms with Crippen LogP contribution < -0.4 is 52.2 Å². The molecule has 4 aliphatic heterocycles. The summed E-state index contributed by atoms with van der Waals surface area (Å²) >= 11 is 0. The molecule has 0 atom stereocenters. The smallest absolute Gasteiger partial charge is 0.256 e. The van der Waals surface area contributed by atoms with E-state index in [-0.39, 0.29) is 61.7 Å². The maximum Gasteiger partial charge on any atom is 0.256 e. The van der Waals surface area contributed by atoms with E-state index in [1.165, 1.54) is 0 Å². The minimum atomic E-state index is -1.95. The number of hydrogen-bond acceptors (Lipinski definition) is 5. The van der Waals surface area contributed by atoms with Crippen LogP contribution in [0.5, 0.6) is 11.5 Å². The molecule has 0 amide bonds. The lowest BCUT2D eigenvalue weighted by atomic mass is 9.30. The van der Waals surface area contributed by atoms with Crippen molar-refractivity contribution in [2.45, 2.75) is 78.6 Å². The van der Waals surface area contributed by atoms with Gasteiger partial charge in [-0.3, -0.25) is 0 Å². The minimum Gasteiger partial charge on any atom is -0.459 e. The molecule has 0 fully saturated rings. The van der Waals surface area contributed by atoms with Crippen molar-refractivity contribution in [3.8, 4) is 78.3 Å². The van der Waals surface area contributed by atoms with Crippen LogP contribution in [-0.2, 0) is 16.2 Å². The Labute approximate surface area is 675 Å². The third-order valence-electron chi connectivity index (χ3n) is 21.4. The van der Waals surface area contributed by atoms with Gasteiger partial charge in [-0.25, -0.2) is 0 Å². The van der Waals surface area contributed by atoms with Crippen molar-refractivity contribution in [2.24, 2.45) is 0 Å². The van der Waals surface area contributed by atoms with Crippen molar-refractivity contribution < 1.29 is 43.4 Å². The summed E-state index contributed by atoms with van der Waals surface area (Å²) in [5.74, 6) is -0.990. The second-order valence-corrected chi connectivity index (χ2v) is 31.1. The van der Waals surface area contributed by atoms with E-state index >= 15 is 0 Å². The zero-order valence-electron chi connectivity index (χ0n) is 86.1. The van der Waals surface area contributed by atoms with E-state index in [9.17, 15) is 27.4 Å². The summed E-state index contributed by atoms with van der Waals surface area (Å²) in [6, 6.07) is 34.8. The Morgan fingerprint density at radius 1 is 0.303 bits per heavy atom. The van der Waals surface area contributed by atoms with Gasteiger partial charge in [-0.15, -0.1) is 0 Å². The lowest BCUT2D eigenvalue weighted by Crippen LogP contribution is -2.65. The number of fused-ring (bicyclic) bond motifs is 12. The van der Waals surface area contributed by atoms with Crippen LogP contribution in [-0.4, -0.2) is 13.4 Å². The van der Waals surface area contributed by atoms with Crippen molar-refractivity contribution in [2.75, 3.05) is 14.7 Å². The summed E-state index contributed by atoms with van der Waals surface area (Å²) in [7, 11) is 0. The standard InChI is InChI=1S/C102H81B2N3O2/c1-100(2,3)73-50-54-83(77(58-73)67-37-22-13-23-38-67)105-85-55-70(64-31-16-10-17-32-64)47-51-80(85)103-82-53-49-72(66-35-20-12-21-36-66)57-93(82)109-99-96(103)89(105)63-90-97(99)104-81-52-48-71(65-33-18-11-19-34-65)56-86(81)107(98-78(68-39-24-14-25-40-68)59-74(101(4,5)6)60-79(98)69-41-26-15-27-42-69)88-62-75(102(7,8)9)61-87(95(88)104)106(90)84-44-30-46-92-94(84)76-43-28-29-45-91(76)108-92/h10-63H,1-9H3/i10D,11D,12D,16D,17D,18D,19D,20D,21D,31D,32D,33D,34D,35D,36D,47D,48D,49D,51D,52D,53D,55D,56D,57D,63D. The van der Waals surface area contributed by atoms with Gasteiger partial charge in [0.25, 0.3) is 13.4 Å². The molecule has 5 heterocycles. The van der Waals surface area contributed by atoms with Gasteiger partial charge in [-0.1, -0.05) is 311 Å². The molecule has 0 saturated carbocycles. The van der Waals surface area contributed by atoms with Crippen LogP contribution in [0.4, 0.5) is 51.2 Å². The zero-order chi connectivity index (χ0) is 95.5. The van der Waals surface area contributed by atoms with Gasteiger partial charge in [0.15, 0.2) is 0 Å². The fourth-order valence-corrected chi connectivity index (χ4v) is 16.1. The number of nitrogens with zero attached hydrogens (tertiary/aromatic N) is 3. The average molecular weight is 1430 g/mol. The second-order valence-electron chi connectivity index (χ2n) is 31.1. The molecule has 0 N–H and O–H groups in total. The molecule has 0 spiro atoms. The molecule has 0 radical (unpaired) electrons. The largest absolute Gasteiger partial charge is 0.459 e. The Kier molecular flexibility index (Phi) is 10.2. The number of benzene rings is 15. The van der Waals surface area contributed by atoms with E-state index < -0.39 is 225 Å². The fraction of sp³-hybridized carbons (Fsp3) is 0.118. The number of anilines is 9. The van der Waals surface area contributed by atoms with Gasteiger partial charge in [0.2, 0.25) is 0 Å². The zero-order valence-corrected chi connectivity index (χ0v) is 61.1. The lowest BCUT2D eigenvalue weighted by molar-refractivity contribution is 0.491. The molecule has 20 rings (SSSR count). The third-order valence-corrected chi connectivity index (χ3v) is 21.4. The summed E-state index contributed by atoms with van der Waals surface area (Å²) in [6.07, 6.45) is 0. The van der Waals surface area contributed by atoms with Crippen molar-refractivity contribution in [3.05, 3.63) is 344 Å². The lowest BCUT2D eigenvalue weighted by Gasteiger charge is -2.48. The molecule has 0 unspecified atom stereocenters.